The van der Waals surface area contributed by atoms with E-state index in [0.717, 1.165) is 24.5 Å². The highest BCUT2D eigenvalue weighted by Crippen LogP contribution is 2.68. The Morgan fingerprint density at radius 3 is 2.77 bits per heavy atom. The van der Waals surface area contributed by atoms with Gasteiger partial charge in [0.15, 0.2) is 5.70 Å². The Bertz CT molecular complexity index is 697. The van der Waals surface area contributed by atoms with Crippen LogP contribution in [0.3, 0.4) is 0 Å². The molecule has 1 N–H and O–H groups in total. The third-order valence-electron chi connectivity index (χ3n) is 9.05. The minimum atomic E-state index is 0.132. The summed E-state index contributed by atoms with van der Waals surface area (Å²) in [4.78, 5) is 3.80. The first-order valence-electron chi connectivity index (χ1n) is 10.7. The van der Waals surface area contributed by atoms with E-state index in [1.807, 2.05) is 6.92 Å². The Kier molecular flexibility index (Phi) is 4.39. The molecule has 4 rings (SSSR count). The lowest BCUT2D eigenvalue weighted by atomic mass is 9.44. The van der Waals surface area contributed by atoms with Crippen LogP contribution in [0.1, 0.15) is 72.6 Å². The lowest BCUT2D eigenvalue weighted by Crippen LogP contribution is -2.54. The summed E-state index contributed by atoms with van der Waals surface area (Å²) in [5.74, 6) is 3.20. The molecule has 7 atom stereocenters. The van der Waals surface area contributed by atoms with Gasteiger partial charge >= 0.3 is 0 Å². The maximum absolute atomic E-state index is 10.4. The van der Waals surface area contributed by atoms with Crippen molar-refractivity contribution in [1.29, 1.82) is 0 Å². The first-order chi connectivity index (χ1) is 12.3. The SMILES string of the molecule is [C-]#[N+]/C(C)=C1/CC[C@H]2[C@@H]3CC=C4C[C@@H](C)CC[C@]4(C)[C@H]3[C@@H](CO)C[C@]12C. The second-order valence-corrected chi connectivity index (χ2v) is 10.3. The van der Waals surface area contributed by atoms with Crippen LogP contribution < -0.4 is 0 Å². The van der Waals surface area contributed by atoms with Crippen LogP contribution in [0.5, 0.6) is 0 Å². The summed E-state index contributed by atoms with van der Waals surface area (Å²) in [6.07, 6.45) is 11.1. The van der Waals surface area contributed by atoms with Gasteiger partial charge in [0.25, 0.3) is 0 Å². The van der Waals surface area contributed by atoms with Crippen molar-refractivity contribution in [3.63, 3.8) is 0 Å². The summed E-state index contributed by atoms with van der Waals surface area (Å²) < 4.78 is 0. The molecule has 0 aromatic heterocycles. The molecule has 26 heavy (non-hydrogen) atoms. The zero-order chi connectivity index (χ0) is 18.7. The van der Waals surface area contributed by atoms with Gasteiger partial charge in [-0.2, -0.15) is 0 Å². The fourth-order valence-electron chi connectivity index (χ4n) is 7.90. The van der Waals surface area contributed by atoms with Gasteiger partial charge in [-0.3, -0.25) is 0 Å². The molecule has 0 bridgehead atoms. The highest BCUT2D eigenvalue weighted by Gasteiger charge is 2.60. The van der Waals surface area contributed by atoms with E-state index < -0.39 is 0 Å². The number of hydrogen-bond acceptors (Lipinski definition) is 1. The predicted molar refractivity (Wildman–Crippen MR) is 106 cm³/mol. The van der Waals surface area contributed by atoms with Crippen molar-refractivity contribution in [2.45, 2.75) is 72.6 Å². The quantitative estimate of drug-likeness (QED) is 0.454. The Balaban J connectivity index is 1.77. The average Bonchev–Trinajstić information content (AvgIpc) is 2.97. The average molecular weight is 354 g/mol. The fraction of sp³-hybridized carbons (Fsp3) is 0.792. The molecule has 0 aliphatic heterocycles. The van der Waals surface area contributed by atoms with Gasteiger partial charge in [0.1, 0.15) is 0 Å². The molecule has 0 saturated heterocycles. The van der Waals surface area contributed by atoms with E-state index in [-0.39, 0.29) is 5.41 Å². The number of fused-ring (bicyclic) bond motifs is 5. The molecule has 0 amide bonds. The summed E-state index contributed by atoms with van der Waals surface area (Å²) in [5, 5.41) is 10.4. The Morgan fingerprint density at radius 2 is 2.08 bits per heavy atom. The molecule has 0 aromatic carbocycles. The monoisotopic (exact) mass is 353 g/mol. The van der Waals surface area contributed by atoms with Crippen molar-refractivity contribution in [1.82, 2.24) is 0 Å². The van der Waals surface area contributed by atoms with Crippen molar-refractivity contribution in [2.75, 3.05) is 6.61 Å². The van der Waals surface area contributed by atoms with E-state index in [9.17, 15) is 5.11 Å². The summed E-state index contributed by atoms with van der Waals surface area (Å²) in [5.41, 5.74) is 4.46. The van der Waals surface area contributed by atoms with E-state index >= 15 is 0 Å². The number of allylic oxidation sites excluding steroid dienone is 4. The molecule has 2 heteroatoms. The van der Waals surface area contributed by atoms with Crippen molar-refractivity contribution < 1.29 is 5.11 Å². The first kappa shape index (κ1) is 18.3. The molecular weight excluding hydrogens is 318 g/mol. The number of aliphatic hydroxyl groups is 1. The highest BCUT2D eigenvalue weighted by atomic mass is 16.3. The number of aliphatic hydroxyl groups excluding tert-OH is 1. The summed E-state index contributed by atoms with van der Waals surface area (Å²) in [6.45, 7) is 17.2. The zero-order valence-electron chi connectivity index (χ0n) is 17.0. The minimum Gasteiger partial charge on any atom is -0.396 e. The minimum absolute atomic E-state index is 0.132. The molecule has 4 aliphatic rings. The molecule has 4 aliphatic carbocycles. The number of hydrogen-bond donors (Lipinski definition) is 1. The Labute approximate surface area is 159 Å². The molecule has 142 valence electrons. The van der Waals surface area contributed by atoms with E-state index in [2.05, 4.69) is 31.7 Å². The van der Waals surface area contributed by atoms with Gasteiger partial charge in [-0.05, 0) is 92.3 Å². The van der Waals surface area contributed by atoms with Crippen molar-refractivity contribution in [2.24, 2.45) is 40.4 Å². The standard InChI is InChI=1S/C24H35NO/c1-15-10-11-23(3)18(12-15)6-7-19-21-9-8-20(16(2)25-5)24(21,4)13-17(14-26)22(19)23/h6,15,17,19,21-22,26H,7-14H2,1-4H3/b20-16-/t15-,17+,19-,21-,22-,23-,24+/m0/s1. The van der Waals surface area contributed by atoms with Crippen LogP contribution in [0.2, 0.25) is 0 Å². The lowest BCUT2D eigenvalue weighted by Gasteiger charge is -2.60. The molecule has 0 unspecified atom stereocenters. The second-order valence-electron chi connectivity index (χ2n) is 10.3. The molecule has 3 fully saturated rings. The number of nitrogens with zero attached hydrogens (tertiary/aromatic N) is 1. The molecule has 0 radical (unpaired) electrons. The van der Waals surface area contributed by atoms with Gasteiger partial charge in [-0.1, -0.05) is 38.0 Å². The molecule has 0 spiro atoms. The van der Waals surface area contributed by atoms with Gasteiger partial charge in [-0.25, -0.2) is 4.85 Å². The van der Waals surface area contributed by atoms with Gasteiger partial charge in [-0.15, -0.1) is 0 Å². The molecular formula is C24H35NO. The fourth-order valence-corrected chi connectivity index (χ4v) is 7.90. The van der Waals surface area contributed by atoms with Crippen molar-refractivity contribution >= 4 is 0 Å². The lowest BCUT2D eigenvalue weighted by molar-refractivity contribution is -0.0764. The van der Waals surface area contributed by atoms with Gasteiger partial charge in [0, 0.05) is 6.61 Å². The van der Waals surface area contributed by atoms with E-state index in [4.69, 9.17) is 6.57 Å². The molecule has 3 saturated carbocycles. The summed E-state index contributed by atoms with van der Waals surface area (Å²) in [7, 11) is 0. The Morgan fingerprint density at radius 1 is 1.31 bits per heavy atom. The van der Waals surface area contributed by atoms with Gasteiger partial charge in [0.2, 0.25) is 0 Å². The van der Waals surface area contributed by atoms with Crippen LogP contribution in [0.15, 0.2) is 22.9 Å². The second kappa shape index (κ2) is 6.23. The smallest absolute Gasteiger partial charge is 0.162 e. The van der Waals surface area contributed by atoms with E-state index in [1.165, 1.54) is 37.7 Å². The third kappa shape index (κ3) is 2.39. The summed E-state index contributed by atoms with van der Waals surface area (Å²) >= 11 is 0. The highest BCUT2D eigenvalue weighted by molar-refractivity contribution is 5.33. The van der Waals surface area contributed by atoms with Crippen LogP contribution in [-0.2, 0) is 0 Å². The van der Waals surface area contributed by atoms with Crippen molar-refractivity contribution in [3.8, 4) is 0 Å². The van der Waals surface area contributed by atoms with Gasteiger partial charge in [0.05, 0.1) is 6.57 Å². The zero-order valence-corrected chi connectivity index (χ0v) is 17.0. The van der Waals surface area contributed by atoms with Crippen LogP contribution in [0.4, 0.5) is 0 Å². The van der Waals surface area contributed by atoms with Crippen LogP contribution >= 0.6 is 0 Å². The molecule has 0 heterocycles. The number of rotatable bonds is 1. The maximum atomic E-state index is 10.4. The van der Waals surface area contributed by atoms with Crippen molar-refractivity contribution in [3.05, 3.63) is 34.3 Å². The third-order valence-corrected chi connectivity index (χ3v) is 9.05. The Hall–Kier alpha value is -1.07. The van der Waals surface area contributed by atoms with Crippen LogP contribution in [-0.4, -0.2) is 11.7 Å². The maximum Gasteiger partial charge on any atom is 0.162 e. The van der Waals surface area contributed by atoms with Crippen LogP contribution in [0, 0.1) is 47.0 Å². The predicted octanol–water partition coefficient (Wildman–Crippen LogP) is 6.00. The molecule has 2 nitrogen and oxygen atoms in total. The normalized spacial score (nSPS) is 49.4. The van der Waals surface area contributed by atoms with E-state index in [0.29, 0.717) is 35.7 Å². The van der Waals surface area contributed by atoms with Gasteiger partial charge < -0.3 is 5.11 Å². The first-order valence-corrected chi connectivity index (χ1v) is 10.7. The largest absolute Gasteiger partial charge is 0.396 e. The molecule has 0 aromatic rings. The van der Waals surface area contributed by atoms with E-state index in [1.54, 1.807) is 5.57 Å². The topological polar surface area (TPSA) is 24.6 Å². The van der Waals surface area contributed by atoms with Crippen LogP contribution in [0.25, 0.3) is 4.85 Å². The summed E-state index contributed by atoms with van der Waals surface area (Å²) in [6, 6.07) is 0.